The van der Waals surface area contributed by atoms with Gasteiger partial charge in [-0.1, -0.05) is 46.3 Å². The lowest BCUT2D eigenvalue weighted by atomic mass is 10.1. The zero-order chi connectivity index (χ0) is 21.8. The lowest BCUT2D eigenvalue weighted by molar-refractivity contribution is -0.135. The van der Waals surface area contributed by atoms with Gasteiger partial charge in [0.1, 0.15) is 18.9 Å². The second-order valence-electron chi connectivity index (χ2n) is 7.31. The predicted octanol–water partition coefficient (Wildman–Crippen LogP) is 4.69. The summed E-state index contributed by atoms with van der Waals surface area (Å²) in [6.07, 6.45) is 3.57. The van der Waals surface area contributed by atoms with Crippen molar-refractivity contribution in [2.24, 2.45) is 0 Å². The minimum Gasteiger partial charge on any atom is -0.488 e. The number of ether oxygens (including phenoxy) is 1. The van der Waals surface area contributed by atoms with Crippen molar-refractivity contribution in [3.63, 3.8) is 0 Å². The molecule has 0 aliphatic carbocycles. The first-order chi connectivity index (χ1) is 15.0. The van der Waals surface area contributed by atoms with Crippen LogP contribution in [0, 0.1) is 0 Å². The molecule has 0 radical (unpaired) electrons. The Morgan fingerprint density at radius 3 is 2.58 bits per heavy atom. The number of likely N-dealkylation sites (tertiary alicyclic amines) is 1. The van der Waals surface area contributed by atoms with E-state index in [0.29, 0.717) is 31.0 Å². The Bertz CT molecular complexity index is 1040. The SMILES string of the molecule is O=C(CN1C(=O)S/C(=C\c2cc(Br)ccc2OCc2ccccc2)C1=O)N1CCCC1. The first kappa shape index (κ1) is 21.6. The number of amides is 3. The summed E-state index contributed by atoms with van der Waals surface area (Å²) in [6.45, 7) is 1.54. The standard InChI is InChI=1S/C23H21BrN2O4S/c24-18-8-9-19(30-15-16-6-2-1-3-7-16)17(12-18)13-20-22(28)26(23(29)31-20)14-21(27)25-10-4-5-11-25/h1-3,6-9,12-13H,4-5,10-11,14-15H2/b20-13-. The molecule has 2 saturated heterocycles. The van der Waals surface area contributed by atoms with E-state index in [1.807, 2.05) is 48.5 Å². The minimum atomic E-state index is -0.448. The lowest BCUT2D eigenvalue weighted by Crippen LogP contribution is -2.40. The van der Waals surface area contributed by atoms with Crippen molar-refractivity contribution in [1.82, 2.24) is 9.80 Å². The van der Waals surface area contributed by atoms with Crippen LogP contribution in [0.25, 0.3) is 6.08 Å². The first-order valence-electron chi connectivity index (χ1n) is 10.0. The van der Waals surface area contributed by atoms with E-state index in [-0.39, 0.29) is 17.4 Å². The molecule has 2 aliphatic heterocycles. The molecule has 0 N–H and O–H groups in total. The maximum atomic E-state index is 12.8. The van der Waals surface area contributed by atoms with Crippen LogP contribution in [0.1, 0.15) is 24.0 Å². The van der Waals surface area contributed by atoms with Crippen LogP contribution in [0.5, 0.6) is 5.75 Å². The summed E-state index contributed by atoms with van der Waals surface area (Å²) >= 11 is 4.29. The molecule has 0 spiro atoms. The van der Waals surface area contributed by atoms with Gasteiger partial charge in [0.05, 0.1) is 4.91 Å². The predicted molar refractivity (Wildman–Crippen MR) is 123 cm³/mol. The van der Waals surface area contributed by atoms with Crippen molar-refractivity contribution in [1.29, 1.82) is 0 Å². The van der Waals surface area contributed by atoms with Crippen LogP contribution >= 0.6 is 27.7 Å². The molecule has 6 nitrogen and oxygen atoms in total. The van der Waals surface area contributed by atoms with Gasteiger partial charge in [-0.05, 0) is 54.4 Å². The van der Waals surface area contributed by atoms with Gasteiger partial charge in [0, 0.05) is 23.1 Å². The average Bonchev–Trinajstić information content (AvgIpc) is 3.39. The van der Waals surface area contributed by atoms with Crippen molar-refractivity contribution in [2.75, 3.05) is 19.6 Å². The molecular formula is C23H21BrN2O4S. The van der Waals surface area contributed by atoms with Gasteiger partial charge in [-0.2, -0.15) is 0 Å². The lowest BCUT2D eigenvalue weighted by Gasteiger charge is -2.18. The van der Waals surface area contributed by atoms with Gasteiger partial charge in [-0.15, -0.1) is 0 Å². The molecule has 31 heavy (non-hydrogen) atoms. The van der Waals surface area contributed by atoms with Crippen molar-refractivity contribution < 1.29 is 19.1 Å². The quantitative estimate of drug-likeness (QED) is 0.538. The van der Waals surface area contributed by atoms with Gasteiger partial charge in [0.2, 0.25) is 5.91 Å². The van der Waals surface area contributed by atoms with Crippen LogP contribution in [-0.4, -0.2) is 46.5 Å². The van der Waals surface area contributed by atoms with Crippen molar-refractivity contribution >= 4 is 50.8 Å². The number of benzene rings is 2. The van der Waals surface area contributed by atoms with E-state index >= 15 is 0 Å². The molecule has 2 fully saturated rings. The summed E-state index contributed by atoms with van der Waals surface area (Å²) in [4.78, 5) is 40.7. The highest BCUT2D eigenvalue weighted by Crippen LogP contribution is 2.35. The maximum absolute atomic E-state index is 12.8. The van der Waals surface area contributed by atoms with Crippen LogP contribution in [0.4, 0.5) is 4.79 Å². The van der Waals surface area contributed by atoms with E-state index in [1.54, 1.807) is 11.0 Å². The molecule has 0 saturated carbocycles. The number of rotatable bonds is 6. The number of thioether (sulfide) groups is 1. The van der Waals surface area contributed by atoms with Crippen LogP contribution in [0.3, 0.4) is 0 Å². The highest BCUT2D eigenvalue weighted by atomic mass is 79.9. The van der Waals surface area contributed by atoms with Gasteiger partial charge in [-0.3, -0.25) is 19.3 Å². The fraction of sp³-hybridized carbons (Fsp3) is 0.261. The van der Waals surface area contributed by atoms with E-state index < -0.39 is 11.1 Å². The first-order valence-corrected chi connectivity index (χ1v) is 11.6. The summed E-state index contributed by atoms with van der Waals surface area (Å²) in [5.41, 5.74) is 1.71. The molecule has 0 atom stereocenters. The second-order valence-corrected chi connectivity index (χ2v) is 9.22. The van der Waals surface area contributed by atoms with E-state index in [1.165, 1.54) is 0 Å². The number of nitrogens with zero attached hydrogens (tertiary/aromatic N) is 2. The monoisotopic (exact) mass is 500 g/mol. The highest BCUT2D eigenvalue weighted by molar-refractivity contribution is 9.10. The normalized spacial score (nSPS) is 17.6. The number of hydrogen-bond donors (Lipinski definition) is 0. The van der Waals surface area contributed by atoms with E-state index in [2.05, 4.69) is 15.9 Å². The highest BCUT2D eigenvalue weighted by Gasteiger charge is 2.37. The van der Waals surface area contributed by atoms with Gasteiger partial charge in [-0.25, -0.2) is 0 Å². The Balaban J connectivity index is 1.51. The van der Waals surface area contributed by atoms with Crippen LogP contribution < -0.4 is 4.74 Å². The van der Waals surface area contributed by atoms with E-state index in [9.17, 15) is 14.4 Å². The molecule has 3 amide bonds. The zero-order valence-corrected chi connectivity index (χ0v) is 19.2. The maximum Gasteiger partial charge on any atom is 0.294 e. The number of hydrogen-bond acceptors (Lipinski definition) is 5. The van der Waals surface area contributed by atoms with E-state index in [0.717, 1.165) is 39.5 Å². The molecule has 2 aromatic carbocycles. The van der Waals surface area contributed by atoms with Crippen molar-refractivity contribution in [3.05, 3.63) is 69.0 Å². The second kappa shape index (κ2) is 9.70. The smallest absolute Gasteiger partial charge is 0.294 e. The molecular weight excluding hydrogens is 480 g/mol. The fourth-order valence-electron chi connectivity index (χ4n) is 3.48. The van der Waals surface area contributed by atoms with Crippen molar-refractivity contribution in [2.45, 2.75) is 19.4 Å². The van der Waals surface area contributed by atoms with Gasteiger partial charge in [0.25, 0.3) is 11.1 Å². The Morgan fingerprint density at radius 1 is 1.10 bits per heavy atom. The van der Waals surface area contributed by atoms with E-state index in [4.69, 9.17) is 4.74 Å². The molecule has 160 valence electrons. The minimum absolute atomic E-state index is 0.185. The molecule has 0 aromatic heterocycles. The number of imide groups is 1. The largest absolute Gasteiger partial charge is 0.488 e. The van der Waals surface area contributed by atoms with Crippen LogP contribution in [-0.2, 0) is 16.2 Å². The van der Waals surface area contributed by atoms with Crippen molar-refractivity contribution in [3.8, 4) is 5.75 Å². The van der Waals surface area contributed by atoms with Crippen LogP contribution in [0.15, 0.2) is 57.9 Å². The topological polar surface area (TPSA) is 66.9 Å². The van der Waals surface area contributed by atoms with Gasteiger partial charge in [0.15, 0.2) is 0 Å². The van der Waals surface area contributed by atoms with Gasteiger partial charge >= 0.3 is 0 Å². The molecule has 0 unspecified atom stereocenters. The summed E-state index contributed by atoms with van der Waals surface area (Å²) < 4.78 is 6.79. The number of carbonyl (C=O) groups is 3. The average molecular weight is 501 g/mol. The Kier molecular flexibility index (Phi) is 6.77. The number of halogens is 1. The molecule has 2 aliphatic rings. The fourth-order valence-corrected chi connectivity index (χ4v) is 4.69. The third-order valence-electron chi connectivity index (χ3n) is 5.12. The molecule has 2 heterocycles. The molecule has 4 rings (SSSR count). The summed E-state index contributed by atoms with van der Waals surface area (Å²) in [5, 5.41) is -0.425. The molecule has 0 bridgehead atoms. The summed E-state index contributed by atoms with van der Waals surface area (Å²) in [5.74, 6) is -0.0288. The van der Waals surface area contributed by atoms with Crippen LogP contribution in [0.2, 0.25) is 0 Å². The zero-order valence-electron chi connectivity index (χ0n) is 16.8. The third-order valence-corrected chi connectivity index (χ3v) is 6.52. The number of carbonyl (C=O) groups excluding carboxylic acids is 3. The Morgan fingerprint density at radius 2 is 1.84 bits per heavy atom. The molecule has 2 aromatic rings. The Labute approximate surface area is 193 Å². The molecule has 8 heteroatoms. The summed E-state index contributed by atoms with van der Waals surface area (Å²) in [7, 11) is 0. The van der Waals surface area contributed by atoms with Gasteiger partial charge < -0.3 is 9.64 Å². The third kappa shape index (κ3) is 5.19. The summed E-state index contributed by atoms with van der Waals surface area (Å²) in [6, 6.07) is 15.3. The Hall–Kier alpha value is -2.58.